The first kappa shape index (κ1) is 19.1. The average molecular weight is 380 g/mol. The second-order valence-corrected chi connectivity index (χ2v) is 6.10. The van der Waals surface area contributed by atoms with Gasteiger partial charge in [0.1, 0.15) is 16.9 Å². The summed E-state index contributed by atoms with van der Waals surface area (Å²) in [5, 5.41) is 5.19. The monoisotopic (exact) mass is 380 g/mol. The molecule has 0 aliphatic carbocycles. The Morgan fingerprint density at radius 2 is 1.78 bits per heavy atom. The summed E-state index contributed by atoms with van der Waals surface area (Å²) in [5.41, 5.74) is 1.12. The Morgan fingerprint density at radius 1 is 1.11 bits per heavy atom. The summed E-state index contributed by atoms with van der Waals surface area (Å²) in [4.78, 5) is 8.74. The Hall–Kier alpha value is -2.68. The van der Waals surface area contributed by atoms with E-state index < -0.39 is 11.7 Å². The number of aromatic nitrogens is 4. The zero-order chi connectivity index (χ0) is 19.8. The van der Waals surface area contributed by atoms with Crippen LogP contribution in [0.1, 0.15) is 35.6 Å². The van der Waals surface area contributed by atoms with E-state index in [1.165, 1.54) is 19.2 Å². The lowest BCUT2D eigenvalue weighted by Crippen LogP contribution is -2.11. The van der Waals surface area contributed by atoms with Gasteiger partial charge in [-0.2, -0.15) is 23.3 Å². The minimum Gasteiger partial charge on any atom is -0.480 e. The van der Waals surface area contributed by atoms with Crippen LogP contribution in [-0.4, -0.2) is 34.0 Å². The standard InChI is InChI=1S/C18H19F3N4O2/c1-10(12-5-7-13(8-6-12)18(19,20)21)25-16-15(14(24-25)9-26-3)17(27-4)23-11(2)22-16/h5-8,10H,9H2,1-4H3. The molecule has 0 amide bonds. The first-order valence-electron chi connectivity index (χ1n) is 8.22. The van der Waals surface area contributed by atoms with E-state index in [-0.39, 0.29) is 12.6 Å². The molecule has 0 bridgehead atoms. The highest BCUT2D eigenvalue weighted by Gasteiger charge is 2.30. The molecule has 3 aromatic rings. The zero-order valence-corrected chi connectivity index (χ0v) is 15.3. The number of alkyl halides is 3. The van der Waals surface area contributed by atoms with E-state index in [1.54, 1.807) is 18.7 Å². The Kier molecular flexibility index (Phi) is 5.05. The van der Waals surface area contributed by atoms with Crippen LogP contribution in [0, 0.1) is 6.92 Å². The normalized spacial score (nSPS) is 13.1. The summed E-state index contributed by atoms with van der Waals surface area (Å²) in [7, 11) is 3.06. The lowest BCUT2D eigenvalue weighted by atomic mass is 10.1. The molecule has 27 heavy (non-hydrogen) atoms. The number of aryl methyl sites for hydroxylation is 1. The molecule has 3 rings (SSSR count). The fraction of sp³-hybridized carbons (Fsp3) is 0.389. The molecule has 1 aromatic carbocycles. The van der Waals surface area contributed by atoms with Gasteiger partial charge in [-0.15, -0.1) is 0 Å². The minimum absolute atomic E-state index is 0.228. The third kappa shape index (κ3) is 3.59. The molecule has 0 radical (unpaired) electrons. The molecular formula is C18H19F3N4O2. The highest BCUT2D eigenvalue weighted by molar-refractivity contribution is 5.84. The molecule has 6 nitrogen and oxygen atoms in total. The van der Waals surface area contributed by atoms with Gasteiger partial charge < -0.3 is 9.47 Å². The Morgan fingerprint density at radius 3 is 2.33 bits per heavy atom. The summed E-state index contributed by atoms with van der Waals surface area (Å²) in [6, 6.07) is 4.67. The van der Waals surface area contributed by atoms with E-state index >= 15 is 0 Å². The van der Waals surface area contributed by atoms with Gasteiger partial charge >= 0.3 is 6.18 Å². The summed E-state index contributed by atoms with van der Waals surface area (Å²) in [5.74, 6) is 0.888. The van der Waals surface area contributed by atoms with Crippen molar-refractivity contribution in [2.45, 2.75) is 32.7 Å². The van der Waals surface area contributed by atoms with Crippen molar-refractivity contribution in [2.24, 2.45) is 0 Å². The Labute approximate surface area is 153 Å². The molecule has 0 spiro atoms. The summed E-state index contributed by atoms with van der Waals surface area (Å²) in [6.45, 7) is 3.81. The molecule has 2 aromatic heterocycles. The lowest BCUT2D eigenvalue weighted by molar-refractivity contribution is -0.137. The van der Waals surface area contributed by atoms with Gasteiger partial charge in [-0.25, -0.2) is 9.67 Å². The van der Waals surface area contributed by atoms with Crippen molar-refractivity contribution >= 4 is 11.0 Å². The van der Waals surface area contributed by atoms with Crippen LogP contribution in [0.4, 0.5) is 13.2 Å². The van der Waals surface area contributed by atoms with E-state index in [0.29, 0.717) is 34.0 Å². The predicted octanol–water partition coefficient (Wildman–Crippen LogP) is 3.92. The Balaban J connectivity index is 2.11. The predicted molar refractivity (Wildman–Crippen MR) is 92.6 cm³/mol. The third-order valence-electron chi connectivity index (χ3n) is 4.26. The summed E-state index contributed by atoms with van der Waals surface area (Å²) < 4.78 is 50.6. The minimum atomic E-state index is -4.37. The van der Waals surface area contributed by atoms with Crippen LogP contribution in [-0.2, 0) is 17.5 Å². The van der Waals surface area contributed by atoms with E-state index in [4.69, 9.17) is 9.47 Å². The van der Waals surface area contributed by atoms with Crippen molar-refractivity contribution in [3.63, 3.8) is 0 Å². The number of rotatable bonds is 5. The zero-order valence-electron chi connectivity index (χ0n) is 15.3. The van der Waals surface area contributed by atoms with Crippen LogP contribution in [0.5, 0.6) is 5.88 Å². The van der Waals surface area contributed by atoms with Gasteiger partial charge in [-0.3, -0.25) is 0 Å². The molecule has 2 heterocycles. The first-order valence-corrected chi connectivity index (χ1v) is 8.22. The van der Waals surface area contributed by atoms with Gasteiger partial charge in [0.15, 0.2) is 5.65 Å². The van der Waals surface area contributed by atoms with E-state index in [1.807, 2.05) is 6.92 Å². The maximum absolute atomic E-state index is 12.8. The number of hydrogen-bond donors (Lipinski definition) is 0. The lowest BCUT2D eigenvalue weighted by Gasteiger charge is -2.15. The van der Waals surface area contributed by atoms with Crippen molar-refractivity contribution in [1.82, 2.24) is 19.7 Å². The second-order valence-electron chi connectivity index (χ2n) is 6.10. The fourth-order valence-electron chi connectivity index (χ4n) is 2.93. The van der Waals surface area contributed by atoms with Crippen molar-refractivity contribution < 1.29 is 22.6 Å². The van der Waals surface area contributed by atoms with Gasteiger partial charge in [0.2, 0.25) is 5.88 Å². The topological polar surface area (TPSA) is 62.1 Å². The molecule has 0 N–H and O–H groups in total. The van der Waals surface area contributed by atoms with Crippen molar-refractivity contribution in [1.29, 1.82) is 0 Å². The Bertz CT molecular complexity index is 952. The SMILES string of the molecule is COCc1nn(C(C)c2ccc(C(F)(F)F)cc2)c2nc(C)nc(OC)c12. The van der Waals surface area contributed by atoms with Crippen molar-refractivity contribution in [3.8, 4) is 5.88 Å². The highest BCUT2D eigenvalue weighted by Crippen LogP contribution is 2.33. The number of ether oxygens (including phenoxy) is 2. The molecule has 0 aliphatic heterocycles. The number of nitrogens with zero attached hydrogens (tertiary/aromatic N) is 4. The molecule has 0 aliphatic rings. The number of benzene rings is 1. The molecule has 1 atom stereocenters. The number of hydrogen-bond acceptors (Lipinski definition) is 5. The third-order valence-corrected chi connectivity index (χ3v) is 4.26. The highest BCUT2D eigenvalue weighted by atomic mass is 19.4. The van der Waals surface area contributed by atoms with Crippen LogP contribution in [0.15, 0.2) is 24.3 Å². The first-order chi connectivity index (χ1) is 12.8. The van der Waals surface area contributed by atoms with Crippen LogP contribution in [0.3, 0.4) is 0 Å². The number of methoxy groups -OCH3 is 2. The van der Waals surface area contributed by atoms with E-state index in [2.05, 4.69) is 15.1 Å². The maximum Gasteiger partial charge on any atom is 0.416 e. The molecule has 9 heteroatoms. The smallest absolute Gasteiger partial charge is 0.416 e. The second kappa shape index (κ2) is 7.15. The summed E-state index contributed by atoms with van der Waals surface area (Å²) in [6.07, 6.45) is -4.37. The maximum atomic E-state index is 12.8. The molecule has 0 saturated carbocycles. The molecule has 0 saturated heterocycles. The van der Waals surface area contributed by atoms with E-state index in [0.717, 1.165) is 12.1 Å². The number of halogens is 3. The van der Waals surface area contributed by atoms with Gasteiger partial charge in [0.25, 0.3) is 0 Å². The van der Waals surface area contributed by atoms with Crippen LogP contribution < -0.4 is 4.74 Å². The van der Waals surface area contributed by atoms with Crippen LogP contribution >= 0.6 is 0 Å². The number of fused-ring (bicyclic) bond motifs is 1. The molecule has 1 unspecified atom stereocenters. The van der Waals surface area contributed by atoms with Gasteiger partial charge in [0, 0.05) is 7.11 Å². The average Bonchev–Trinajstić information content (AvgIpc) is 2.98. The van der Waals surface area contributed by atoms with Crippen LogP contribution in [0.2, 0.25) is 0 Å². The molecule has 0 fully saturated rings. The fourth-order valence-corrected chi connectivity index (χ4v) is 2.93. The van der Waals surface area contributed by atoms with Gasteiger partial charge in [0.05, 0.1) is 25.3 Å². The molecule has 144 valence electrons. The summed E-state index contributed by atoms with van der Waals surface area (Å²) >= 11 is 0. The van der Waals surface area contributed by atoms with Crippen molar-refractivity contribution in [3.05, 3.63) is 46.9 Å². The van der Waals surface area contributed by atoms with Crippen molar-refractivity contribution in [2.75, 3.05) is 14.2 Å². The van der Waals surface area contributed by atoms with Gasteiger partial charge in [-0.1, -0.05) is 12.1 Å². The quantitative estimate of drug-likeness (QED) is 0.671. The van der Waals surface area contributed by atoms with E-state index in [9.17, 15) is 13.2 Å². The van der Waals surface area contributed by atoms with Crippen LogP contribution in [0.25, 0.3) is 11.0 Å². The van der Waals surface area contributed by atoms with Gasteiger partial charge in [-0.05, 0) is 31.5 Å². The molecular weight excluding hydrogens is 361 g/mol. The largest absolute Gasteiger partial charge is 0.480 e.